The van der Waals surface area contributed by atoms with Crippen LogP contribution in [0.2, 0.25) is 5.02 Å². The number of rotatable bonds is 4. The number of thiophene rings is 1. The molecule has 0 saturated heterocycles. The molecule has 102 valence electrons. The Hall–Kier alpha value is -1.35. The SMILES string of the molecule is CNC(Cc1ccc(Cl)cc1)c1cc2ccccc2s1. The maximum atomic E-state index is 5.94. The summed E-state index contributed by atoms with van der Waals surface area (Å²) in [4.78, 5) is 1.38. The summed E-state index contributed by atoms with van der Waals surface area (Å²) in [5.41, 5.74) is 1.30. The third kappa shape index (κ3) is 2.88. The fourth-order valence-electron chi connectivity index (χ4n) is 2.38. The average molecular weight is 302 g/mol. The summed E-state index contributed by atoms with van der Waals surface area (Å²) >= 11 is 7.80. The monoisotopic (exact) mass is 301 g/mol. The Balaban J connectivity index is 1.87. The molecule has 20 heavy (non-hydrogen) atoms. The Morgan fingerprint density at radius 1 is 1.10 bits per heavy atom. The lowest BCUT2D eigenvalue weighted by atomic mass is 10.0. The molecule has 1 unspecified atom stereocenters. The van der Waals surface area contributed by atoms with Gasteiger partial charge in [0.25, 0.3) is 0 Å². The maximum absolute atomic E-state index is 5.94. The molecule has 0 aliphatic rings. The molecule has 2 aromatic carbocycles. The summed E-state index contributed by atoms with van der Waals surface area (Å²) < 4.78 is 1.35. The fourth-order valence-corrected chi connectivity index (χ4v) is 3.68. The van der Waals surface area contributed by atoms with E-state index in [1.807, 2.05) is 30.5 Å². The van der Waals surface area contributed by atoms with Crippen LogP contribution in [0.1, 0.15) is 16.5 Å². The Bertz CT molecular complexity index is 669. The fraction of sp³-hybridized carbons (Fsp3) is 0.176. The van der Waals surface area contributed by atoms with Gasteiger partial charge in [-0.2, -0.15) is 0 Å². The molecule has 0 aliphatic carbocycles. The first-order valence-electron chi connectivity index (χ1n) is 6.66. The molecule has 3 aromatic rings. The minimum atomic E-state index is 0.341. The van der Waals surface area contributed by atoms with Gasteiger partial charge in [0.05, 0.1) is 0 Å². The van der Waals surface area contributed by atoms with E-state index < -0.39 is 0 Å². The summed E-state index contributed by atoms with van der Waals surface area (Å²) in [6, 6.07) is 19.3. The van der Waals surface area contributed by atoms with E-state index in [0.29, 0.717) is 6.04 Å². The molecule has 0 radical (unpaired) electrons. The quantitative estimate of drug-likeness (QED) is 0.710. The summed E-state index contributed by atoms with van der Waals surface area (Å²) in [5.74, 6) is 0. The normalized spacial score (nSPS) is 12.7. The first-order valence-corrected chi connectivity index (χ1v) is 7.86. The van der Waals surface area contributed by atoms with E-state index in [9.17, 15) is 0 Å². The summed E-state index contributed by atoms with van der Waals surface area (Å²) in [6.45, 7) is 0. The minimum absolute atomic E-state index is 0.341. The number of halogens is 1. The number of benzene rings is 2. The topological polar surface area (TPSA) is 12.0 Å². The van der Waals surface area contributed by atoms with Gasteiger partial charge in [-0.1, -0.05) is 41.9 Å². The van der Waals surface area contributed by atoms with Crippen molar-refractivity contribution in [2.45, 2.75) is 12.5 Å². The van der Waals surface area contributed by atoms with Crippen molar-refractivity contribution in [2.75, 3.05) is 7.05 Å². The Morgan fingerprint density at radius 3 is 2.55 bits per heavy atom. The molecule has 0 fully saturated rings. The first-order chi connectivity index (χ1) is 9.76. The van der Waals surface area contributed by atoms with Crippen LogP contribution in [0.15, 0.2) is 54.6 Å². The third-order valence-electron chi connectivity index (χ3n) is 3.49. The second kappa shape index (κ2) is 5.96. The molecular weight excluding hydrogens is 286 g/mol. The van der Waals surface area contributed by atoms with Gasteiger partial charge in [0, 0.05) is 20.6 Å². The predicted octanol–water partition coefficient (Wildman–Crippen LogP) is 5.06. The molecular formula is C17H16ClNS. The average Bonchev–Trinajstić information content (AvgIpc) is 2.90. The van der Waals surface area contributed by atoms with E-state index in [2.05, 4.69) is 47.8 Å². The van der Waals surface area contributed by atoms with E-state index in [0.717, 1.165) is 11.4 Å². The van der Waals surface area contributed by atoms with Gasteiger partial charge in [0.15, 0.2) is 0 Å². The molecule has 1 aromatic heterocycles. The number of nitrogens with one attached hydrogen (secondary N) is 1. The molecule has 3 heteroatoms. The number of likely N-dealkylation sites (N-methyl/N-ethyl adjacent to an activating group) is 1. The largest absolute Gasteiger partial charge is 0.312 e. The van der Waals surface area contributed by atoms with E-state index in [1.54, 1.807) is 0 Å². The van der Waals surface area contributed by atoms with Crippen LogP contribution in [0.3, 0.4) is 0 Å². The van der Waals surface area contributed by atoms with Crippen molar-refractivity contribution < 1.29 is 0 Å². The molecule has 3 rings (SSSR count). The van der Waals surface area contributed by atoms with Crippen molar-refractivity contribution in [2.24, 2.45) is 0 Å². The molecule has 0 aliphatic heterocycles. The molecule has 0 saturated carbocycles. The Labute approximate surface area is 128 Å². The molecule has 0 amide bonds. The number of fused-ring (bicyclic) bond motifs is 1. The lowest BCUT2D eigenvalue weighted by molar-refractivity contribution is 0.602. The first kappa shape index (κ1) is 13.6. The zero-order chi connectivity index (χ0) is 13.9. The Morgan fingerprint density at radius 2 is 1.85 bits per heavy atom. The third-order valence-corrected chi connectivity index (χ3v) is 4.97. The Kier molecular flexibility index (Phi) is 4.06. The van der Waals surface area contributed by atoms with Crippen molar-refractivity contribution >= 4 is 33.0 Å². The second-order valence-corrected chi connectivity index (χ2v) is 6.41. The van der Waals surface area contributed by atoms with Crippen LogP contribution >= 0.6 is 22.9 Å². The highest BCUT2D eigenvalue weighted by atomic mass is 35.5. The van der Waals surface area contributed by atoms with Crippen molar-refractivity contribution in [3.63, 3.8) is 0 Å². The van der Waals surface area contributed by atoms with Gasteiger partial charge in [-0.3, -0.25) is 0 Å². The van der Waals surface area contributed by atoms with Gasteiger partial charge in [-0.25, -0.2) is 0 Å². The van der Waals surface area contributed by atoms with Gasteiger partial charge >= 0.3 is 0 Å². The van der Waals surface area contributed by atoms with Crippen LogP contribution in [0.4, 0.5) is 0 Å². The summed E-state index contributed by atoms with van der Waals surface area (Å²) in [6.07, 6.45) is 0.973. The molecule has 1 heterocycles. The van der Waals surface area contributed by atoms with Gasteiger partial charge < -0.3 is 5.32 Å². The van der Waals surface area contributed by atoms with Gasteiger partial charge in [0.2, 0.25) is 0 Å². The van der Waals surface area contributed by atoms with Crippen LogP contribution in [0.5, 0.6) is 0 Å². The lowest BCUT2D eigenvalue weighted by Gasteiger charge is -2.14. The van der Waals surface area contributed by atoms with E-state index in [1.165, 1.54) is 20.5 Å². The highest BCUT2D eigenvalue weighted by molar-refractivity contribution is 7.19. The molecule has 0 bridgehead atoms. The van der Waals surface area contributed by atoms with Crippen LogP contribution in [0.25, 0.3) is 10.1 Å². The van der Waals surface area contributed by atoms with Crippen LogP contribution in [-0.2, 0) is 6.42 Å². The zero-order valence-corrected chi connectivity index (χ0v) is 12.8. The van der Waals surface area contributed by atoms with E-state index >= 15 is 0 Å². The van der Waals surface area contributed by atoms with Crippen molar-refractivity contribution in [1.29, 1.82) is 0 Å². The highest BCUT2D eigenvalue weighted by Crippen LogP contribution is 2.31. The lowest BCUT2D eigenvalue weighted by Crippen LogP contribution is -2.17. The van der Waals surface area contributed by atoms with Crippen LogP contribution in [0, 0.1) is 0 Å². The molecule has 1 atom stereocenters. The van der Waals surface area contributed by atoms with E-state index in [-0.39, 0.29) is 0 Å². The van der Waals surface area contributed by atoms with Crippen molar-refractivity contribution in [3.8, 4) is 0 Å². The van der Waals surface area contributed by atoms with Crippen LogP contribution < -0.4 is 5.32 Å². The number of hydrogen-bond donors (Lipinski definition) is 1. The predicted molar refractivity (Wildman–Crippen MR) is 88.8 cm³/mol. The molecule has 1 N–H and O–H groups in total. The van der Waals surface area contributed by atoms with Gasteiger partial charge in [-0.05, 0) is 48.7 Å². The molecule has 1 nitrogen and oxygen atoms in total. The standard InChI is InChI=1S/C17H16ClNS/c1-19-15(10-12-6-8-14(18)9-7-12)17-11-13-4-2-3-5-16(13)20-17/h2-9,11,15,19H,10H2,1H3. The zero-order valence-electron chi connectivity index (χ0n) is 11.3. The van der Waals surface area contributed by atoms with Crippen molar-refractivity contribution in [1.82, 2.24) is 5.32 Å². The number of hydrogen-bond acceptors (Lipinski definition) is 2. The van der Waals surface area contributed by atoms with E-state index in [4.69, 9.17) is 11.6 Å². The smallest absolute Gasteiger partial charge is 0.0453 e. The van der Waals surface area contributed by atoms with Crippen LogP contribution in [-0.4, -0.2) is 7.05 Å². The van der Waals surface area contributed by atoms with Gasteiger partial charge in [0.1, 0.15) is 0 Å². The summed E-state index contributed by atoms with van der Waals surface area (Å²) in [7, 11) is 2.02. The van der Waals surface area contributed by atoms with Crippen molar-refractivity contribution in [3.05, 3.63) is 70.1 Å². The summed E-state index contributed by atoms with van der Waals surface area (Å²) in [5, 5.41) is 5.53. The maximum Gasteiger partial charge on any atom is 0.0453 e. The highest BCUT2D eigenvalue weighted by Gasteiger charge is 2.13. The second-order valence-electron chi connectivity index (χ2n) is 4.86. The van der Waals surface area contributed by atoms with Gasteiger partial charge in [-0.15, -0.1) is 11.3 Å². The molecule has 0 spiro atoms. The minimum Gasteiger partial charge on any atom is -0.312 e.